The summed E-state index contributed by atoms with van der Waals surface area (Å²) < 4.78 is 0. The minimum Gasteiger partial charge on any atom is -0.481 e. The maximum Gasteiger partial charge on any atom is 0.305 e. The molecule has 10 N–H and O–H groups in total. The number of guanidine groups is 1. The molecule has 5 amide bonds. The fourth-order valence-corrected chi connectivity index (χ4v) is 3.47. The number of nitrogens with two attached hydrogens (primary N) is 2. The number of nitrogens with one attached hydrogen (secondary N) is 5. The maximum atomic E-state index is 12.8. The van der Waals surface area contributed by atoms with E-state index in [2.05, 4.69) is 31.6 Å². The minimum absolute atomic E-state index is 0.0553. The molecular formula is C23H32N8O7. The Bertz CT molecular complexity index is 1100. The fraction of sp³-hybridized carbons (Fsp3) is 0.435. The van der Waals surface area contributed by atoms with Crippen molar-refractivity contribution in [3.8, 4) is 0 Å². The minimum atomic E-state index is -1.42. The van der Waals surface area contributed by atoms with E-state index >= 15 is 0 Å². The summed E-state index contributed by atoms with van der Waals surface area (Å²) in [5, 5.41) is 21.4. The van der Waals surface area contributed by atoms with Crippen LogP contribution in [0, 0.1) is 0 Å². The summed E-state index contributed by atoms with van der Waals surface area (Å²) in [6, 6.07) is 2.68. The Hall–Kier alpha value is -4.69. The van der Waals surface area contributed by atoms with Crippen molar-refractivity contribution in [2.45, 2.75) is 50.9 Å². The Morgan fingerprint density at radius 3 is 2.34 bits per heavy atom. The highest BCUT2D eigenvalue weighted by Crippen LogP contribution is 2.07. The normalized spacial score (nSPS) is 21.4. The number of hydrogen-bond donors (Lipinski definition) is 8. The molecule has 0 unspecified atom stereocenters. The third-order valence-electron chi connectivity index (χ3n) is 5.43. The number of carbonyl (C=O) groups is 6. The lowest BCUT2D eigenvalue weighted by molar-refractivity contribution is -0.140. The van der Waals surface area contributed by atoms with Crippen LogP contribution in [0.1, 0.15) is 42.1 Å². The van der Waals surface area contributed by atoms with E-state index in [4.69, 9.17) is 16.6 Å². The van der Waals surface area contributed by atoms with E-state index in [1.807, 2.05) is 0 Å². The molecule has 1 heterocycles. The molecule has 0 spiro atoms. The highest BCUT2D eigenvalue weighted by Gasteiger charge is 2.27. The molecule has 0 aromatic heterocycles. The predicted molar refractivity (Wildman–Crippen MR) is 134 cm³/mol. The molecule has 0 saturated heterocycles. The van der Waals surface area contributed by atoms with Gasteiger partial charge in [0.1, 0.15) is 18.1 Å². The van der Waals surface area contributed by atoms with Gasteiger partial charge in [0, 0.05) is 18.7 Å². The number of carboxylic acids is 1. The van der Waals surface area contributed by atoms with Gasteiger partial charge >= 0.3 is 5.97 Å². The molecule has 0 saturated carbocycles. The molecule has 0 radical (unpaired) electrons. The zero-order valence-corrected chi connectivity index (χ0v) is 20.8. The first-order valence-corrected chi connectivity index (χ1v) is 11.8. The summed E-state index contributed by atoms with van der Waals surface area (Å²) in [6.45, 7) is 0.980. The lowest BCUT2D eigenvalue weighted by Crippen LogP contribution is -2.55. The van der Waals surface area contributed by atoms with Crippen LogP contribution in [-0.2, 0) is 30.5 Å². The average molecular weight is 533 g/mol. The number of carbonyl (C=O) groups excluding carboxylic acids is 5. The van der Waals surface area contributed by atoms with Crippen molar-refractivity contribution in [2.24, 2.45) is 16.5 Å². The Morgan fingerprint density at radius 2 is 1.66 bits per heavy atom. The lowest BCUT2D eigenvalue weighted by atomic mass is 10.1. The molecule has 1 aromatic rings. The number of carboxylic acid groups (broad SMARTS) is 1. The van der Waals surface area contributed by atoms with Crippen LogP contribution in [0.2, 0.25) is 0 Å². The average Bonchev–Trinajstić information content (AvgIpc) is 2.86. The molecule has 1 aliphatic rings. The number of rotatable bonds is 6. The summed E-state index contributed by atoms with van der Waals surface area (Å²) in [5.41, 5.74) is 11.3. The molecule has 15 nitrogen and oxygen atoms in total. The first-order valence-electron chi connectivity index (χ1n) is 11.8. The van der Waals surface area contributed by atoms with Gasteiger partial charge in [-0.1, -0.05) is 12.1 Å². The van der Waals surface area contributed by atoms with Crippen LogP contribution in [0.25, 0.3) is 0 Å². The second-order valence-electron chi connectivity index (χ2n) is 8.56. The van der Waals surface area contributed by atoms with Gasteiger partial charge in [-0.15, -0.1) is 0 Å². The van der Waals surface area contributed by atoms with E-state index in [-0.39, 0.29) is 31.0 Å². The highest BCUT2D eigenvalue weighted by atomic mass is 16.4. The second-order valence-corrected chi connectivity index (χ2v) is 8.56. The Kier molecular flexibility index (Phi) is 11.0. The molecular weight excluding hydrogens is 500 g/mol. The Balaban J connectivity index is 2.30. The van der Waals surface area contributed by atoms with Crippen molar-refractivity contribution in [1.29, 1.82) is 0 Å². The molecule has 0 fully saturated rings. The van der Waals surface area contributed by atoms with Gasteiger partial charge in [-0.25, -0.2) is 0 Å². The summed E-state index contributed by atoms with van der Waals surface area (Å²) in [5.74, 6) is -4.96. The maximum absolute atomic E-state index is 12.8. The van der Waals surface area contributed by atoms with Crippen molar-refractivity contribution >= 4 is 41.5 Å². The van der Waals surface area contributed by atoms with E-state index < -0.39 is 66.6 Å². The predicted octanol–water partition coefficient (Wildman–Crippen LogP) is -2.95. The SMILES string of the molecule is C[C@@H]1NC(=O)c2cccc(c2)CNC(=O)[C@H](CC(=O)O)NC(=O)CNC(=O)[C@@H](CCCN=C(N)N)NC1=O. The van der Waals surface area contributed by atoms with Gasteiger partial charge < -0.3 is 43.2 Å². The monoisotopic (exact) mass is 532 g/mol. The zero-order chi connectivity index (χ0) is 28.2. The molecule has 15 heteroatoms. The Labute approximate surface area is 218 Å². The van der Waals surface area contributed by atoms with Crippen molar-refractivity contribution < 1.29 is 33.9 Å². The number of hydrogen-bond acceptors (Lipinski definition) is 7. The van der Waals surface area contributed by atoms with E-state index in [0.717, 1.165) is 0 Å². The molecule has 2 bridgehead atoms. The smallest absolute Gasteiger partial charge is 0.305 e. The summed E-state index contributed by atoms with van der Waals surface area (Å²) >= 11 is 0. The second kappa shape index (κ2) is 14.2. The van der Waals surface area contributed by atoms with Crippen LogP contribution in [-0.4, -0.2) is 77.8 Å². The largest absolute Gasteiger partial charge is 0.481 e. The van der Waals surface area contributed by atoms with Gasteiger partial charge in [0.2, 0.25) is 23.6 Å². The van der Waals surface area contributed by atoms with E-state index in [1.54, 1.807) is 12.1 Å². The fourth-order valence-electron chi connectivity index (χ4n) is 3.47. The van der Waals surface area contributed by atoms with Crippen molar-refractivity contribution in [3.63, 3.8) is 0 Å². The van der Waals surface area contributed by atoms with E-state index in [1.165, 1.54) is 19.1 Å². The van der Waals surface area contributed by atoms with E-state index in [9.17, 15) is 28.8 Å². The van der Waals surface area contributed by atoms with Crippen LogP contribution in [0.4, 0.5) is 0 Å². The number of benzene rings is 1. The third kappa shape index (κ3) is 9.75. The van der Waals surface area contributed by atoms with Gasteiger partial charge in [0.05, 0.1) is 13.0 Å². The van der Waals surface area contributed by atoms with Crippen molar-refractivity contribution in [1.82, 2.24) is 26.6 Å². The van der Waals surface area contributed by atoms with Crippen molar-refractivity contribution in [3.05, 3.63) is 35.4 Å². The third-order valence-corrected chi connectivity index (χ3v) is 5.43. The summed E-state index contributed by atoms with van der Waals surface area (Å²) in [4.78, 5) is 78.3. The summed E-state index contributed by atoms with van der Waals surface area (Å²) in [6.07, 6.45) is -0.297. The van der Waals surface area contributed by atoms with Gasteiger partial charge in [-0.05, 0) is 37.5 Å². The van der Waals surface area contributed by atoms with Crippen LogP contribution in [0.3, 0.4) is 0 Å². The molecule has 1 aliphatic heterocycles. The number of amides is 5. The lowest BCUT2D eigenvalue weighted by Gasteiger charge is -2.22. The summed E-state index contributed by atoms with van der Waals surface area (Å²) in [7, 11) is 0. The Morgan fingerprint density at radius 1 is 0.974 bits per heavy atom. The molecule has 0 aliphatic carbocycles. The quantitative estimate of drug-likeness (QED) is 0.106. The number of fused-ring (bicyclic) bond motifs is 2. The van der Waals surface area contributed by atoms with Crippen LogP contribution in [0.15, 0.2) is 29.3 Å². The van der Waals surface area contributed by atoms with Crippen LogP contribution in [0.5, 0.6) is 0 Å². The van der Waals surface area contributed by atoms with E-state index in [0.29, 0.717) is 12.0 Å². The standard InChI is InChI=1S/C23H32N8O7/c1-12-19(35)31-15(6-3-7-26-23(24)25)21(37)28-11-17(32)30-16(9-18(33)34)22(38)27-10-13-4-2-5-14(8-13)20(36)29-12/h2,4-5,8,12,15-16H,3,6-7,9-11H2,1H3,(H,27,38)(H,28,37)(H,29,36)(H,30,32)(H,31,35)(H,33,34)(H4,24,25,26)/t12-,15+,16-/m0/s1. The van der Waals surface area contributed by atoms with Gasteiger partial charge in [-0.2, -0.15) is 0 Å². The van der Waals surface area contributed by atoms with Gasteiger partial charge in [0.15, 0.2) is 5.96 Å². The molecule has 2 rings (SSSR count). The number of aliphatic imine (C=N–C) groups is 1. The molecule has 1 aromatic carbocycles. The molecule has 38 heavy (non-hydrogen) atoms. The van der Waals surface area contributed by atoms with Gasteiger partial charge in [-0.3, -0.25) is 33.8 Å². The first kappa shape index (κ1) is 29.5. The number of nitrogens with zero attached hydrogens (tertiary/aromatic N) is 1. The first-order chi connectivity index (χ1) is 18.0. The van der Waals surface area contributed by atoms with Crippen LogP contribution < -0.4 is 38.1 Å². The zero-order valence-electron chi connectivity index (χ0n) is 20.8. The topological polar surface area (TPSA) is 247 Å². The van der Waals surface area contributed by atoms with Crippen molar-refractivity contribution in [2.75, 3.05) is 13.1 Å². The highest BCUT2D eigenvalue weighted by molar-refractivity contribution is 5.99. The number of aliphatic carboxylic acids is 1. The molecule has 206 valence electrons. The van der Waals surface area contributed by atoms with Crippen LogP contribution >= 0.6 is 0 Å². The molecule has 3 atom stereocenters. The van der Waals surface area contributed by atoms with Gasteiger partial charge in [0.25, 0.3) is 5.91 Å².